The van der Waals surface area contributed by atoms with Gasteiger partial charge in [0.05, 0.1) is 22.1 Å². The van der Waals surface area contributed by atoms with E-state index in [1.807, 2.05) is 30.3 Å². The summed E-state index contributed by atoms with van der Waals surface area (Å²) in [5.74, 6) is 0. The fraction of sp³-hybridized carbons (Fsp3) is 0. The summed E-state index contributed by atoms with van der Waals surface area (Å²) in [5.41, 5.74) is 6.18. The Labute approximate surface area is 139 Å². The van der Waals surface area contributed by atoms with Crippen molar-refractivity contribution < 1.29 is 0 Å². The van der Waals surface area contributed by atoms with E-state index in [1.54, 1.807) is 0 Å². The van der Waals surface area contributed by atoms with Crippen molar-refractivity contribution in [3.8, 4) is 11.1 Å². The van der Waals surface area contributed by atoms with Gasteiger partial charge < -0.3 is 0 Å². The maximum absolute atomic E-state index is 4.88. The Bertz CT molecular complexity index is 1190. The Kier molecular flexibility index (Phi) is 2.83. The fourth-order valence-electron chi connectivity index (χ4n) is 3.21. The van der Waals surface area contributed by atoms with Crippen LogP contribution >= 0.6 is 0 Å². The molecule has 0 aliphatic heterocycles. The maximum atomic E-state index is 4.88. The smallest absolute Gasteiger partial charge is 0.0973 e. The van der Waals surface area contributed by atoms with Gasteiger partial charge in [0.15, 0.2) is 0 Å². The zero-order valence-electron chi connectivity index (χ0n) is 13.0. The molecule has 0 saturated carbocycles. The largest absolute Gasteiger partial charge is 0.244 e. The molecule has 1 aromatic heterocycles. The molecule has 2 nitrogen and oxygen atoms in total. The van der Waals surface area contributed by atoms with Gasteiger partial charge in [0.25, 0.3) is 0 Å². The number of hydrogen-bond donors (Lipinski definition) is 0. The molecular formula is C22H14N2. The average Bonchev–Trinajstić information content (AvgIpc) is 2.66. The number of para-hydroxylation sites is 2. The minimum absolute atomic E-state index is 0.933. The Morgan fingerprint density at radius 3 is 2.04 bits per heavy atom. The molecule has 0 aliphatic carbocycles. The van der Waals surface area contributed by atoms with E-state index in [0.29, 0.717) is 0 Å². The highest BCUT2D eigenvalue weighted by atomic mass is 14.8. The van der Waals surface area contributed by atoms with Crippen molar-refractivity contribution in [3.63, 3.8) is 0 Å². The molecule has 0 bridgehead atoms. The Morgan fingerprint density at radius 1 is 0.500 bits per heavy atom. The van der Waals surface area contributed by atoms with Crippen LogP contribution in [-0.2, 0) is 0 Å². The number of rotatable bonds is 1. The van der Waals surface area contributed by atoms with Crippen LogP contribution in [0.3, 0.4) is 0 Å². The van der Waals surface area contributed by atoms with Gasteiger partial charge in [-0.15, -0.1) is 0 Å². The first-order valence-corrected chi connectivity index (χ1v) is 8.03. The van der Waals surface area contributed by atoms with Gasteiger partial charge in [-0.3, -0.25) is 0 Å². The van der Waals surface area contributed by atoms with E-state index in [1.165, 1.54) is 16.5 Å². The highest BCUT2D eigenvalue weighted by molar-refractivity contribution is 6.07. The van der Waals surface area contributed by atoms with Crippen LogP contribution in [0.4, 0.5) is 0 Å². The lowest BCUT2D eigenvalue weighted by atomic mass is 10.0. The summed E-state index contributed by atoms with van der Waals surface area (Å²) in [6.07, 6.45) is 0. The molecule has 0 spiro atoms. The molecule has 0 radical (unpaired) electrons. The molecule has 0 fully saturated rings. The van der Waals surface area contributed by atoms with E-state index >= 15 is 0 Å². The minimum atomic E-state index is 0.933. The second-order valence-electron chi connectivity index (χ2n) is 5.95. The predicted molar refractivity (Wildman–Crippen MR) is 100.0 cm³/mol. The molecule has 2 heteroatoms. The average molecular weight is 306 g/mol. The highest BCUT2D eigenvalue weighted by Gasteiger charge is 2.07. The van der Waals surface area contributed by atoms with Crippen molar-refractivity contribution in [1.82, 2.24) is 9.97 Å². The van der Waals surface area contributed by atoms with E-state index in [9.17, 15) is 0 Å². The Morgan fingerprint density at radius 2 is 1.21 bits per heavy atom. The molecular weight excluding hydrogens is 292 g/mol. The van der Waals surface area contributed by atoms with Crippen molar-refractivity contribution in [2.45, 2.75) is 0 Å². The second-order valence-corrected chi connectivity index (χ2v) is 5.95. The van der Waals surface area contributed by atoms with Crippen LogP contribution in [0.2, 0.25) is 0 Å². The molecule has 0 saturated heterocycles. The van der Waals surface area contributed by atoms with Crippen LogP contribution in [0.5, 0.6) is 0 Å². The summed E-state index contributed by atoms with van der Waals surface area (Å²) in [4.78, 5) is 9.65. The van der Waals surface area contributed by atoms with Crippen molar-refractivity contribution >= 4 is 32.8 Å². The molecule has 4 aromatic carbocycles. The van der Waals surface area contributed by atoms with Crippen LogP contribution in [0.1, 0.15) is 0 Å². The third-order valence-corrected chi connectivity index (χ3v) is 4.43. The molecule has 112 valence electrons. The molecule has 5 rings (SSSR count). The van der Waals surface area contributed by atoms with E-state index in [2.05, 4.69) is 54.6 Å². The van der Waals surface area contributed by atoms with Crippen molar-refractivity contribution in [2.75, 3.05) is 0 Å². The lowest BCUT2D eigenvalue weighted by Crippen LogP contribution is -1.89. The van der Waals surface area contributed by atoms with Gasteiger partial charge in [0.1, 0.15) is 0 Å². The molecule has 1 heterocycles. The summed E-state index contributed by atoms with van der Waals surface area (Å²) in [6.45, 7) is 0. The fourth-order valence-corrected chi connectivity index (χ4v) is 3.21. The highest BCUT2D eigenvalue weighted by Crippen LogP contribution is 2.29. The summed E-state index contributed by atoms with van der Waals surface area (Å²) >= 11 is 0. The van der Waals surface area contributed by atoms with Gasteiger partial charge in [-0.1, -0.05) is 60.7 Å². The molecule has 0 atom stereocenters. The normalized spacial score (nSPS) is 11.3. The van der Waals surface area contributed by atoms with Crippen molar-refractivity contribution in [2.24, 2.45) is 0 Å². The molecule has 24 heavy (non-hydrogen) atoms. The molecule has 0 amide bonds. The summed E-state index contributed by atoms with van der Waals surface area (Å²) in [7, 11) is 0. The van der Waals surface area contributed by atoms with Crippen LogP contribution in [0.15, 0.2) is 84.9 Å². The number of fused-ring (bicyclic) bond motifs is 4. The molecule has 0 aliphatic rings. The van der Waals surface area contributed by atoms with Gasteiger partial charge in [-0.05, 0) is 40.8 Å². The summed E-state index contributed by atoms with van der Waals surface area (Å²) in [5, 5.41) is 2.33. The number of nitrogens with zero attached hydrogens (tertiary/aromatic N) is 2. The van der Waals surface area contributed by atoms with E-state index in [0.717, 1.165) is 27.5 Å². The summed E-state index contributed by atoms with van der Waals surface area (Å²) < 4.78 is 0. The standard InChI is InChI=1S/C22H14N2/c1-2-6-15(7-3-1)17-11-10-16-12-13-21-22(18(16)14-17)24-20-9-5-4-8-19(20)23-21/h1-14H. The van der Waals surface area contributed by atoms with Crippen LogP contribution in [-0.4, -0.2) is 9.97 Å². The number of aromatic nitrogens is 2. The van der Waals surface area contributed by atoms with Gasteiger partial charge in [0, 0.05) is 5.39 Å². The van der Waals surface area contributed by atoms with Gasteiger partial charge in [-0.2, -0.15) is 0 Å². The van der Waals surface area contributed by atoms with E-state index < -0.39 is 0 Å². The van der Waals surface area contributed by atoms with Crippen LogP contribution in [0, 0.1) is 0 Å². The first-order chi connectivity index (χ1) is 11.9. The topological polar surface area (TPSA) is 25.8 Å². The molecule has 5 aromatic rings. The van der Waals surface area contributed by atoms with Gasteiger partial charge >= 0.3 is 0 Å². The van der Waals surface area contributed by atoms with Crippen molar-refractivity contribution in [3.05, 3.63) is 84.9 Å². The maximum Gasteiger partial charge on any atom is 0.0973 e. The second kappa shape index (κ2) is 5.14. The third-order valence-electron chi connectivity index (χ3n) is 4.43. The Hall–Kier alpha value is -3.26. The van der Waals surface area contributed by atoms with Crippen LogP contribution in [0.25, 0.3) is 44.0 Å². The third kappa shape index (κ3) is 2.04. The van der Waals surface area contributed by atoms with Gasteiger partial charge in [0.2, 0.25) is 0 Å². The number of benzene rings is 4. The predicted octanol–water partition coefficient (Wildman–Crippen LogP) is 5.60. The first-order valence-electron chi connectivity index (χ1n) is 8.03. The Balaban J connectivity index is 1.86. The minimum Gasteiger partial charge on any atom is -0.244 e. The lowest BCUT2D eigenvalue weighted by molar-refractivity contribution is 1.41. The monoisotopic (exact) mass is 306 g/mol. The quantitative estimate of drug-likeness (QED) is 0.297. The number of hydrogen-bond acceptors (Lipinski definition) is 2. The van der Waals surface area contributed by atoms with Crippen molar-refractivity contribution in [1.29, 1.82) is 0 Å². The molecule has 0 unspecified atom stereocenters. The zero-order chi connectivity index (χ0) is 15.9. The first kappa shape index (κ1) is 13.2. The van der Waals surface area contributed by atoms with Crippen LogP contribution < -0.4 is 0 Å². The van der Waals surface area contributed by atoms with E-state index in [4.69, 9.17) is 9.97 Å². The zero-order valence-corrected chi connectivity index (χ0v) is 13.0. The van der Waals surface area contributed by atoms with E-state index in [-0.39, 0.29) is 0 Å². The molecule has 0 N–H and O–H groups in total. The lowest BCUT2D eigenvalue weighted by Gasteiger charge is -2.07. The summed E-state index contributed by atoms with van der Waals surface area (Å²) in [6, 6.07) is 29.2. The SMILES string of the molecule is c1ccc(-c2ccc3ccc4nc5ccccc5nc4c3c2)cc1. The van der Waals surface area contributed by atoms with Gasteiger partial charge in [-0.25, -0.2) is 9.97 Å².